The van der Waals surface area contributed by atoms with Crippen LogP contribution < -0.4 is 5.32 Å². The van der Waals surface area contributed by atoms with Crippen molar-refractivity contribution in [3.63, 3.8) is 0 Å². The maximum absolute atomic E-state index is 5.46. The third kappa shape index (κ3) is 1.78. The lowest BCUT2D eigenvalue weighted by Gasteiger charge is -2.03. The number of ether oxygens (including phenoxy) is 1. The minimum Gasteiger partial charge on any atom is -0.370 e. The summed E-state index contributed by atoms with van der Waals surface area (Å²) in [6.45, 7) is 2.78. The smallest absolute Gasteiger partial charge is 0.243 e. The van der Waals surface area contributed by atoms with Gasteiger partial charge in [0.15, 0.2) is 0 Å². The van der Waals surface area contributed by atoms with Gasteiger partial charge in [0.25, 0.3) is 0 Å². The third-order valence-corrected chi connectivity index (χ3v) is 2.48. The number of aromatic nitrogens is 2. The molecule has 0 aromatic carbocycles. The average Bonchev–Trinajstić information content (AvgIpc) is 2.86. The van der Waals surface area contributed by atoms with Crippen LogP contribution in [0, 0.1) is 0 Å². The van der Waals surface area contributed by atoms with Crippen molar-refractivity contribution in [1.29, 1.82) is 0 Å². The highest BCUT2D eigenvalue weighted by atomic mass is 16.5. The summed E-state index contributed by atoms with van der Waals surface area (Å²) in [5.74, 6) is 1.30. The molecule has 1 aromatic rings. The molecular formula is C9H15N3O2. The second kappa shape index (κ2) is 4.06. The van der Waals surface area contributed by atoms with Crippen molar-refractivity contribution in [1.82, 2.24) is 15.5 Å². The molecule has 2 atom stereocenters. The van der Waals surface area contributed by atoms with E-state index in [0.717, 1.165) is 19.4 Å². The maximum Gasteiger partial charge on any atom is 0.243 e. The van der Waals surface area contributed by atoms with Gasteiger partial charge in [-0.05, 0) is 26.8 Å². The molecule has 1 fully saturated rings. The lowest BCUT2D eigenvalue weighted by atomic mass is 10.2. The topological polar surface area (TPSA) is 60.2 Å². The summed E-state index contributed by atoms with van der Waals surface area (Å²) in [5, 5.41) is 6.96. The normalized spacial score (nSPS) is 24.0. The van der Waals surface area contributed by atoms with E-state index in [1.54, 1.807) is 0 Å². The molecule has 1 saturated heterocycles. The summed E-state index contributed by atoms with van der Waals surface area (Å²) in [6, 6.07) is 0.0950. The lowest BCUT2D eigenvalue weighted by molar-refractivity contribution is 0.103. The Morgan fingerprint density at radius 1 is 1.57 bits per heavy atom. The van der Waals surface area contributed by atoms with Crippen LogP contribution in [0.3, 0.4) is 0 Å². The second-order valence-electron chi connectivity index (χ2n) is 3.50. The van der Waals surface area contributed by atoms with E-state index < -0.39 is 0 Å². The first kappa shape index (κ1) is 9.61. The van der Waals surface area contributed by atoms with Crippen molar-refractivity contribution in [3.8, 4) is 0 Å². The Labute approximate surface area is 82.8 Å². The van der Waals surface area contributed by atoms with Gasteiger partial charge in [0.2, 0.25) is 11.7 Å². The highest BCUT2D eigenvalue weighted by molar-refractivity contribution is 4.95. The van der Waals surface area contributed by atoms with E-state index in [9.17, 15) is 0 Å². The monoisotopic (exact) mass is 197 g/mol. The Kier molecular flexibility index (Phi) is 2.79. The molecule has 0 radical (unpaired) electrons. The van der Waals surface area contributed by atoms with Crippen molar-refractivity contribution in [2.75, 3.05) is 13.7 Å². The molecule has 14 heavy (non-hydrogen) atoms. The van der Waals surface area contributed by atoms with Crippen molar-refractivity contribution < 1.29 is 9.26 Å². The molecule has 5 heteroatoms. The number of nitrogens with one attached hydrogen (secondary N) is 1. The van der Waals surface area contributed by atoms with Crippen LogP contribution in [-0.4, -0.2) is 23.8 Å². The summed E-state index contributed by atoms with van der Waals surface area (Å²) in [7, 11) is 1.86. The first-order valence-electron chi connectivity index (χ1n) is 4.93. The van der Waals surface area contributed by atoms with E-state index in [2.05, 4.69) is 15.5 Å². The number of hydrogen-bond donors (Lipinski definition) is 1. The fourth-order valence-corrected chi connectivity index (χ4v) is 1.46. The molecule has 1 aliphatic heterocycles. The van der Waals surface area contributed by atoms with Crippen LogP contribution in [0.4, 0.5) is 0 Å². The van der Waals surface area contributed by atoms with Gasteiger partial charge in [0, 0.05) is 6.61 Å². The van der Waals surface area contributed by atoms with Crippen LogP contribution in [0.1, 0.15) is 43.6 Å². The summed E-state index contributed by atoms with van der Waals surface area (Å²) in [5.41, 5.74) is 0. The minimum atomic E-state index is 0.0385. The van der Waals surface area contributed by atoms with Crippen LogP contribution >= 0.6 is 0 Å². The van der Waals surface area contributed by atoms with Crippen molar-refractivity contribution in [3.05, 3.63) is 11.7 Å². The number of hydrogen-bond acceptors (Lipinski definition) is 5. The zero-order valence-corrected chi connectivity index (χ0v) is 8.49. The number of rotatable bonds is 3. The summed E-state index contributed by atoms with van der Waals surface area (Å²) in [4.78, 5) is 4.30. The van der Waals surface area contributed by atoms with Crippen LogP contribution in [0.25, 0.3) is 0 Å². The van der Waals surface area contributed by atoms with E-state index in [1.165, 1.54) is 0 Å². The van der Waals surface area contributed by atoms with Gasteiger partial charge in [-0.3, -0.25) is 0 Å². The molecular weight excluding hydrogens is 182 g/mol. The van der Waals surface area contributed by atoms with Crippen LogP contribution in [0.15, 0.2) is 4.52 Å². The van der Waals surface area contributed by atoms with Gasteiger partial charge in [0.1, 0.15) is 6.10 Å². The maximum atomic E-state index is 5.46. The largest absolute Gasteiger partial charge is 0.370 e. The van der Waals surface area contributed by atoms with E-state index in [-0.39, 0.29) is 12.1 Å². The SMILES string of the molecule is CN[C@@H](C)c1nc(C2CCCO2)no1. The van der Waals surface area contributed by atoms with Gasteiger partial charge >= 0.3 is 0 Å². The van der Waals surface area contributed by atoms with Gasteiger partial charge in [-0.25, -0.2) is 0 Å². The van der Waals surface area contributed by atoms with Crippen LogP contribution in [0.5, 0.6) is 0 Å². The Morgan fingerprint density at radius 2 is 2.43 bits per heavy atom. The van der Waals surface area contributed by atoms with Crippen LogP contribution in [0.2, 0.25) is 0 Å². The molecule has 78 valence electrons. The molecule has 1 aliphatic rings. The molecule has 2 rings (SSSR count). The molecule has 1 aromatic heterocycles. The number of nitrogens with zero attached hydrogens (tertiary/aromatic N) is 2. The summed E-state index contributed by atoms with van der Waals surface area (Å²) in [6.07, 6.45) is 2.11. The van der Waals surface area contributed by atoms with Gasteiger partial charge in [-0.2, -0.15) is 4.98 Å². The first-order chi connectivity index (χ1) is 6.81. The fraction of sp³-hybridized carbons (Fsp3) is 0.778. The summed E-state index contributed by atoms with van der Waals surface area (Å²) < 4.78 is 10.6. The predicted octanol–water partition coefficient (Wildman–Crippen LogP) is 1.20. The van der Waals surface area contributed by atoms with E-state index in [1.807, 2.05) is 14.0 Å². The van der Waals surface area contributed by atoms with E-state index in [4.69, 9.17) is 9.26 Å². The zero-order valence-electron chi connectivity index (χ0n) is 8.49. The molecule has 5 nitrogen and oxygen atoms in total. The molecule has 1 N–H and O–H groups in total. The molecule has 2 heterocycles. The Hall–Kier alpha value is -0.940. The van der Waals surface area contributed by atoms with E-state index in [0.29, 0.717) is 11.7 Å². The highest BCUT2D eigenvalue weighted by Crippen LogP contribution is 2.26. The van der Waals surface area contributed by atoms with Crippen molar-refractivity contribution >= 4 is 0 Å². The molecule has 0 aliphatic carbocycles. The van der Waals surface area contributed by atoms with Crippen LogP contribution in [-0.2, 0) is 4.74 Å². The molecule has 0 spiro atoms. The summed E-state index contributed by atoms with van der Waals surface area (Å²) >= 11 is 0. The standard InChI is InChI=1S/C9H15N3O2/c1-6(10-2)9-11-8(12-14-9)7-4-3-5-13-7/h6-7,10H,3-5H2,1-2H3/t6-,7?/m0/s1. The van der Waals surface area contributed by atoms with Crippen molar-refractivity contribution in [2.45, 2.75) is 31.9 Å². The Morgan fingerprint density at radius 3 is 3.07 bits per heavy atom. The molecule has 1 unspecified atom stereocenters. The minimum absolute atomic E-state index is 0.0385. The molecule has 0 amide bonds. The van der Waals surface area contributed by atoms with Crippen molar-refractivity contribution in [2.24, 2.45) is 0 Å². The van der Waals surface area contributed by atoms with E-state index >= 15 is 0 Å². The Bertz CT molecular complexity index is 294. The fourth-order valence-electron chi connectivity index (χ4n) is 1.46. The third-order valence-electron chi connectivity index (χ3n) is 2.48. The predicted molar refractivity (Wildman–Crippen MR) is 49.7 cm³/mol. The Balaban J connectivity index is 2.08. The average molecular weight is 197 g/mol. The van der Waals surface area contributed by atoms with Gasteiger partial charge in [-0.1, -0.05) is 5.16 Å². The zero-order chi connectivity index (χ0) is 9.97. The van der Waals surface area contributed by atoms with Gasteiger partial charge in [0.05, 0.1) is 6.04 Å². The highest BCUT2D eigenvalue weighted by Gasteiger charge is 2.24. The second-order valence-corrected chi connectivity index (χ2v) is 3.50. The lowest BCUT2D eigenvalue weighted by Crippen LogP contribution is -2.12. The molecule has 0 bridgehead atoms. The quantitative estimate of drug-likeness (QED) is 0.789. The molecule has 0 saturated carbocycles. The first-order valence-corrected chi connectivity index (χ1v) is 4.93. The van der Waals surface area contributed by atoms with Gasteiger partial charge in [-0.15, -0.1) is 0 Å². The van der Waals surface area contributed by atoms with Gasteiger partial charge < -0.3 is 14.6 Å².